The Kier molecular flexibility index (Phi) is 8.49. The van der Waals surface area contributed by atoms with Crippen molar-refractivity contribution in [3.8, 4) is 17.2 Å². The maximum atomic E-state index is 13.5. The largest absolute Gasteiger partial charge is 0.488 e. The summed E-state index contributed by atoms with van der Waals surface area (Å²) in [5, 5.41) is 0. The molecule has 2 rings (SSSR count). The zero-order chi connectivity index (χ0) is 26.1. The minimum atomic E-state index is -5.19. The fourth-order valence-corrected chi connectivity index (χ4v) is 4.73. The molecule has 0 unspecified atom stereocenters. The summed E-state index contributed by atoms with van der Waals surface area (Å²) in [6.07, 6.45) is -0.331. The first-order valence-corrected chi connectivity index (χ1v) is 16.2. The average Bonchev–Trinajstić information content (AvgIpc) is 2.66. The van der Waals surface area contributed by atoms with E-state index in [1.807, 2.05) is 27.7 Å². The van der Waals surface area contributed by atoms with Gasteiger partial charge in [0.05, 0.1) is 0 Å². The first-order chi connectivity index (χ1) is 15.4. The third-order valence-corrected chi connectivity index (χ3v) is 6.73. The van der Waals surface area contributed by atoms with Crippen LogP contribution in [-0.4, -0.2) is 64.2 Å². The zero-order valence-corrected chi connectivity index (χ0v) is 23.6. The Labute approximate surface area is 205 Å². The number of halogens is 1. The number of amides is 1. The number of nitrogens with zero attached hydrogens (tertiary/aromatic N) is 2. The van der Waals surface area contributed by atoms with Crippen molar-refractivity contribution in [1.82, 2.24) is 9.80 Å². The molecule has 7 nitrogen and oxygen atoms in total. The van der Waals surface area contributed by atoms with Crippen LogP contribution in [0.25, 0.3) is 0 Å². The van der Waals surface area contributed by atoms with Crippen molar-refractivity contribution < 1.29 is 26.0 Å². The molecule has 1 aromatic carbocycles. The lowest BCUT2D eigenvalue weighted by Crippen LogP contribution is -2.49. The second-order valence-electron chi connectivity index (χ2n) is 10.8. The second kappa shape index (κ2) is 10.3. The fourth-order valence-electron chi connectivity index (χ4n) is 3.78. The highest BCUT2D eigenvalue weighted by atomic mass is 32.3. The first kappa shape index (κ1) is 28.1. The van der Waals surface area contributed by atoms with Crippen LogP contribution in [0.5, 0.6) is 5.75 Å². The monoisotopic (exact) mass is 512 g/mol. The molecule has 0 N–H and O–H groups in total. The minimum Gasteiger partial charge on any atom is -0.444 e. The van der Waals surface area contributed by atoms with Gasteiger partial charge in [0, 0.05) is 43.9 Å². The topological polar surface area (TPSA) is 76.2 Å². The molecule has 1 saturated heterocycles. The summed E-state index contributed by atoms with van der Waals surface area (Å²) in [5.41, 5.74) is 6.31. The molecule has 0 radical (unpaired) electrons. The molecule has 1 aliphatic heterocycles. The normalized spacial score (nSPS) is 15.5. The van der Waals surface area contributed by atoms with Crippen molar-refractivity contribution in [2.75, 3.05) is 26.2 Å². The Balaban J connectivity index is 2.37. The molecular formula is C24H37FN2O5SSi. The predicted molar refractivity (Wildman–Crippen MR) is 135 cm³/mol. The van der Waals surface area contributed by atoms with Gasteiger partial charge in [-0.3, -0.25) is 4.90 Å². The van der Waals surface area contributed by atoms with Crippen LogP contribution >= 0.6 is 0 Å². The average molecular weight is 513 g/mol. The number of piperazine rings is 1. The number of hydrogen-bond acceptors (Lipinski definition) is 6. The highest BCUT2D eigenvalue weighted by Crippen LogP contribution is 2.35. The molecule has 0 aromatic heterocycles. The van der Waals surface area contributed by atoms with Crippen LogP contribution in [0, 0.1) is 32.2 Å². The van der Waals surface area contributed by atoms with E-state index < -0.39 is 24.2 Å². The van der Waals surface area contributed by atoms with Crippen LogP contribution in [0.3, 0.4) is 0 Å². The molecule has 0 atom stereocenters. The van der Waals surface area contributed by atoms with E-state index >= 15 is 0 Å². The lowest BCUT2D eigenvalue weighted by molar-refractivity contribution is 0.0138. The molecule has 0 saturated carbocycles. The van der Waals surface area contributed by atoms with Crippen LogP contribution in [0.15, 0.2) is 0 Å². The molecule has 1 fully saturated rings. The number of carbonyl (C=O) groups is 1. The van der Waals surface area contributed by atoms with E-state index in [9.17, 15) is 17.1 Å². The number of rotatable bonds is 4. The number of benzene rings is 1. The van der Waals surface area contributed by atoms with E-state index in [0.717, 1.165) is 11.1 Å². The van der Waals surface area contributed by atoms with Gasteiger partial charge in [0.15, 0.2) is 5.75 Å². The van der Waals surface area contributed by atoms with Crippen LogP contribution in [-0.2, 0) is 21.8 Å². The molecule has 1 aliphatic rings. The van der Waals surface area contributed by atoms with Gasteiger partial charge < -0.3 is 13.8 Å². The van der Waals surface area contributed by atoms with Gasteiger partial charge in [-0.05, 0) is 58.2 Å². The molecular weight excluding hydrogens is 475 g/mol. The molecule has 0 spiro atoms. The van der Waals surface area contributed by atoms with Crippen LogP contribution < -0.4 is 4.18 Å². The maximum Gasteiger partial charge on any atom is 0.488 e. The lowest BCUT2D eigenvalue weighted by atomic mass is 9.92. The third-order valence-electron chi connectivity index (χ3n) is 5.49. The highest BCUT2D eigenvalue weighted by Gasteiger charge is 2.28. The van der Waals surface area contributed by atoms with Crippen LogP contribution in [0.1, 0.15) is 48.6 Å². The van der Waals surface area contributed by atoms with Gasteiger partial charge in [0.2, 0.25) is 0 Å². The number of carbonyl (C=O) groups excluding carboxylic acids is 1. The smallest absolute Gasteiger partial charge is 0.444 e. The lowest BCUT2D eigenvalue weighted by Gasteiger charge is -2.36. The quantitative estimate of drug-likeness (QED) is 0.336. The van der Waals surface area contributed by atoms with E-state index in [1.54, 1.807) is 18.7 Å². The van der Waals surface area contributed by atoms with Crippen molar-refractivity contribution in [3.63, 3.8) is 0 Å². The highest BCUT2D eigenvalue weighted by molar-refractivity contribution is 7.81. The van der Waals surface area contributed by atoms with E-state index in [0.29, 0.717) is 49.4 Å². The van der Waals surface area contributed by atoms with Crippen molar-refractivity contribution in [2.24, 2.45) is 0 Å². The third kappa shape index (κ3) is 8.00. The fraction of sp³-hybridized carbons (Fsp3) is 0.625. The number of ether oxygens (including phenoxy) is 1. The predicted octanol–water partition coefficient (Wildman–Crippen LogP) is 4.49. The van der Waals surface area contributed by atoms with E-state index in [4.69, 9.17) is 8.92 Å². The summed E-state index contributed by atoms with van der Waals surface area (Å²) in [6.45, 7) is 20.1. The molecule has 10 heteroatoms. The Morgan fingerprint density at radius 2 is 1.59 bits per heavy atom. The summed E-state index contributed by atoms with van der Waals surface area (Å²) >= 11 is 0. The Bertz CT molecular complexity index is 1100. The molecule has 0 bridgehead atoms. The molecule has 1 heterocycles. The van der Waals surface area contributed by atoms with E-state index in [-0.39, 0.29) is 11.8 Å². The van der Waals surface area contributed by atoms with Gasteiger partial charge in [0.25, 0.3) is 0 Å². The zero-order valence-electron chi connectivity index (χ0n) is 21.8. The Hall–Kier alpha value is -2.09. The van der Waals surface area contributed by atoms with Gasteiger partial charge in [-0.15, -0.1) is 5.54 Å². The summed E-state index contributed by atoms with van der Waals surface area (Å²) in [5.74, 6) is 3.22. The Morgan fingerprint density at radius 1 is 1.03 bits per heavy atom. The number of hydrogen-bond donors (Lipinski definition) is 0. The minimum absolute atomic E-state index is 0.00429. The van der Waals surface area contributed by atoms with E-state index in [1.165, 1.54) is 0 Å². The SMILES string of the molecule is Cc1c(C#C[Si](C)(C)C)c(C)c(OS(=O)(=O)F)c(C)c1CN1CCN(C(=O)OC(C)(C)C)CC1. The Morgan fingerprint density at radius 3 is 2.06 bits per heavy atom. The van der Waals surface area contributed by atoms with Gasteiger partial charge in [0.1, 0.15) is 13.7 Å². The second-order valence-corrected chi connectivity index (χ2v) is 16.5. The van der Waals surface area contributed by atoms with Gasteiger partial charge in [-0.25, -0.2) is 4.79 Å². The van der Waals surface area contributed by atoms with Crippen molar-refractivity contribution in [1.29, 1.82) is 0 Å². The van der Waals surface area contributed by atoms with Gasteiger partial charge in [-0.2, -0.15) is 8.42 Å². The maximum absolute atomic E-state index is 13.5. The van der Waals surface area contributed by atoms with Crippen LogP contribution in [0.2, 0.25) is 19.6 Å². The standard InChI is InChI=1S/C24H37FN2O5SSi/c1-17-20(10-15-34(7,8)9)18(2)22(32-33(25,29)30)19(3)21(17)16-26-11-13-27(14-12-26)23(28)31-24(4,5)6/h11-14,16H2,1-9H3. The van der Waals surface area contributed by atoms with Gasteiger partial charge >= 0.3 is 16.6 Å². The molecule has 1 aromatic rings. The van der Waals surface area contributed by atoms with Crippen LogP contribution in [0.4, 0.5) is 8.68 Å². The van der Waals surface area contributed by atoms with Crippen molar-refractivity contribution in [3.05, 3.63) is 27.8 Å². The first-order valence-electron chi connectivity index (χ1n) is 11.4. The molecule has 0 aliphatic carbocycles. The summed E-state index contributed by atoms with van der Waals surface area (Å²) < 4.78 is 46.5. The van der Waals surface area contributed by atoms with Crippen molar-refractivity contribution in [2.45, 2.75) is 73.3 Å². The molecule has 34 heavy (non-hydrogen) atoms. The summed E-state index contributed by atoms with van der Waals surface area (Å²) in [7, 11) is -6.90. The summed E-state index contributed by atoms with van der Waals surface area (Å²) in [4.78, 5) is 16.2. The summed E-state index contributed by atoms with van der Waals surface area (Å²) in [6, 6.07) is 0. The van der Waals surface area contributed by atoms with E-state index in [2.05, 4.69) is 36.0 Å². The van der Waals surface area contributed by atoms with Gasteiger partial charge in [-0.1, -0.05) is 29.4 Å². The molecule has 1 amide bonds. The van der Waals surface area contributed by atoms with Crippen molar-refractivity contribution >= 4 is 24.7 Å². The molecule has 190 valence electrons.